The van der Waals surface area contributed by atoms with Gasteiger partial charge in [-0.05, 0) is 37.9 Å². The number of nitrogens with zero attached hydrogens (tertiary/aromatic N) is 2. The van der Waals surface area contributed by atoms with Crippen molar-refractivity contribution in [2.75, 3.05) is 24.5 Å². The van der Waals surface area contributed by atoms with Gasteiger partial charge in [-0.2, -0.15) is 5.26 Å². The number of para-hydroxylation sites is 1. The Morgan fingerprint density at radius 1 is 1.28 bits per heavy atom. The lowest BCUT2D eigenvalue weighted by molar-refractivity contribution is 0.333. The van der Waals surface area contributed by atoms with E-state index in [1.54, 1.807) is 0 Å². The summed E-state index contributed by atoms with van der Waals surface area (Å²) in [7, 11) is 0. The normalized spacial score (nSPS) is 18.3. The zero-order chi connectivity index (χ0) is 12.8. The van der Waals surface area contributed by atoms with Crippen molar-refractivity contribution in [3.63, 3.8) is 0 Å². The molecule has 1 saturated heterocycles. The molecule has 0 aliphatic carbocycles. The minimum Gasteiger partial charge on any atom is -0.371 e. The van der Waals surface area contributed by atoms with Gasteiger partial charge in [-0.3, -0.25) is 5.32 Å². The average Bonchev–Trinajstić information content (AvgIpc) is 2.47. The maximum Gasteiger partial charge on any atom is 0.110 e. The standard InChI is InChI=1S/C15H21N3/c1-2-10-17-15(13-16)8-11-18(12-9-15)14-6-4-3-5-7-14/h3-7,17H,2,8-12H2,1H3. The number of nitrogens with one attached hydrogen (secondary N) is 1. The summed E-state index contributed by atoms with van der Waals surface area (Å²) in [6, 6.07) is 12.9. The van der Waals surface area contributed by atoms with Gasteiger partial charge in [0, 0.05) is 18.8 Å². The first-order chi connectivity index (χ1) is 8.79. The first kappa shape index (κ1) is 12.9. The van der Waals surface area contributed by atoms with Gasteiger partial charge in [-0.25, -0.2) is 0 Å². The van der Waals surface area contributed by atoms with Crippen LogP contribution >= 0.6 is 0 Å². The molecule has 1 heterocycles. The van der Waals surface area contributed by atoms with Crippen molar-refractivity contribution < 1.29 is 0 Å². The Morgan fingerprint density at radius 2 is 1.94 bits per heavy atom. The van der Waals surface area contributed by atoms with Crippen LogP contribution in [0.1, 0.15) is 26.2 Å². The first-order valence-corrected chi connectivity index (χ1v) is 6.76. The third-order valence-electron chi connectivity index (χ3n) is 3.67. The van der Waals surface area contributed by atoms with Crippen LogP contribution in [-0.4, -0.2) is 25.2 Å². The Morgan fingerprint density at radius 3 is 2.50 bits per heavy atom. The maximum absolute atomic E-state index is 9.39. The lowest BCUT2D eigenvalue weighted by Crippen LogP contribution is -2.52. The van der Waals surface area contributed by atoms with Crippen LogP contribution in [0.2, 0.25) is 0 Å². The molecule has 3 nitrogen and oxygen atoms in total. The summed E-state index contributed by atoms with van der Waals surface area (Å²) in [6.07, 6.45) is 2.88. The highest BCUT2D eigenvalue weighted by molar-refractivity contribution is 5.46. The van der Waals surface area contributed by atoms with Crippen molar-refractivity contribution in [1.29, 1.82) is 5.26 Å². The van der Waals surface area contributed by atoms with E-state index >= 15 is 0 Å². The molecule has 1 aliphatic rings. The summed E-state index contributed by atoms with van der Waals surface area (Å²) < 4.78 is 0. The first-order valence-electron chi connectivity index (χ1n) is 6.76. The summed E-state index contributed by atoms with van der Waals surface area (Å²) in [5.41, 5.74) is 0.959. The highest BCUT2D eigenvalue weighted by Gasteiger charge is 2.33. The van der Waals surface area contributed by atoms with Crippen molar-refractivity contribution in [2.24, 2.45) is 0 Å². The van der Waals surface area contributed by atoms with E-state index in [1.165, 1.54) is 5.69 Å². The molecule has 0 aromatic heterocycles. The molecule has 0 amide bonds. The van der Waals surface area contributed by atoms with E-state index in [4.69, 9.17) is 0 Å². The molecule has 3 heteroatoms. The van der Waals surface area contributed by atoms with Crippen LogP contribution in [0.4, 0.5) is 5.69 Å². The number of anilines is 1. The lowest BCUT2D eigenvalue weighted by Gasteiger charge is -2.39. The van der Waals surface area contributed by atoms with Crippen LogP contribution in [-0.2, 0) is 0 Å². The Bertz CT molecular complexity index is 399. The van der Waals surface area contributed by atoms with E-state index in [0.717, 1.165) is 38.9 Å². The maximum atomic E-state index is 9.39. The Hall–Kier alpha value is -1.53. The molecule has 0 radical (unpaired) electrons. The highest BCUT2D eigenvalue weighted by atomic mass is 15.2. The second kappa shape index (κ2) is 5.88. The molecule has 2 rings (SSSR count). The summed E-state index contributed by atoms with van der Waals surface area (Å²) in [5, 5.41) is 12.8. The summed E-state index contributed by atoms with van der Waals surface area (Å²) >= 11 is 0. The molecule has 1 N–H and O–H groups in total. The van der Waals surface area contributed by atoms with Crippen LogP contribution in [0, 0.1) is 11.3 Å². The fourth-order valence-corrected chi connectivity index (χ4v) is 2.48. The molecule has 1 fully saturated rings. The number of hydrogen-bond acceptors (Lipinski definition) is 3. The van der Waals surface area contributed by atoms with Gasteiger partial charge in [0.15, 0.2) is 0 Å². The van der Waals surface area contributed by atoms with Crippen LogP contribution in [0.3, 0.4) is 0 Å². The van der Waals surface area contributed by atoms with Crippen molar-refractivity contribution in [1.82, 2.24) is 5.32 Å². The summed E-state index contributed by atoms with van der Waals surface area (Å²) in [5.74, 6) is 0. The van der Waals surface area contributed by atoms with Gasteiger partial charge in [0.25, 0.3) is 0 Å². The van der Waals surface area contributed by atoms with Gasteiger partial charge in [0.1, 0.15) is 5.54 Å². The van der Waals surface area contributed by atoms with Crippen LogP contribution < -0.4 is 10.2 Å². The van der Waals surface area contributed by atoms with Gasteiger partial charge >= 0.3 is 0 Å². The quantitative estimate of drug-likeness (QED) is 0.883. The predicted molar refractivity (Wildman–Crippen MR) is 74.5 cm³/mol. The summed E-state index contributed by atoms with van der Waals surface area (Å²) in [6.45, 7) is 4.97. The Labute approximate surface area is 109 Å². The third kappa shape index (κ3) is 2.83. The molecular weight excluding hydrogens is 222 g/mol. The molecule has 0 unspecified atom stereocenters. The van der Waals surface area contributed by atoms with Crippen LogP contribution in [0.25, 0.3) is 0 Å². The lowest BCUT2D eigenvalue weighted by atomic mass is 9.88. The minimum absolute atomic E-state index is 0.304. The molecule has 1 aromatic rings. The molecule has 18 heavy (non-hydrogen) atoms. The second-order valence-corrected chi connectivity index (χ2v) is 4.94. The van der Waals surface area contributed by atoms with Gasteiger partial charge in [0.2, 0.25) is 0 Å². The molecule has 1 aromatic carbocycles. The third-order valence-corrected chi connectivity index (χ3v) is 3.67. The van der Waals surface area contributed by atoms with Gasteiger partial charge < -0.3 is 4.90 Å². The zero-order valence-corrected chi connectivity index (χ0v) is 11.0. The number of nitriles is 1. The van der Waals surface area contributed by atoms with Gasteiger partial charge in [-0.1, -0.05) is 25.1 Å². The molecule has 1 aliphatic heterocycles. The largest absolute Gasteiger partial charge is 0.371 e. The van der Waals surface area contributed by atoms with Crippen molar-refractivity contribution in [3.05, 3.63) is 30.3 Å². The highest BCUT2D eigenvalue weighted by Crippen LogP contribution is 2.25. The smallest absolute Gasteiger partial charge is 0.110 e. The fourth-order valence-electron chi connectivity index (χ4n) is 2.48. The predicted octanol–water partition coefficient (Wildman–Crippen LogP) is 2.55. The molecule has 0 spiro atoms. The molecular formula is C15H21N3. The van der Waals surface area contributed by atoms with Crippen LogP contribution in [0.5, 0.6) is 0 Å². The molecule has 96 valence electrons. The fraction of sp³-hybridized carbons (Fsp3) is 0.533. The van der Waals surface area contributed by atoms with Crippen LogP contribution in [0.15, 0.2) is 30.3 Å². The topological polar surface area (TPSA) is 39.1 Å². The van der Waals surface area contributed by atoms with Crippen molar-refractivity contribution in [2.45, 2.75) is 31.7 Å². The number of rotatable bonds is 4. The van der Waals surface area contributed by atoms with Crippen molar-refractivity contribution in [3.8, 4) is 6.07 Å². The van der Waals surface area contributed by atoms with E-state index in [-0.39, 0.29) is 5.54 Å². The average molecular weight is 243 g/mol. The monoisotopic (exact) mass is 243 g/mol. The SMILES string of the molecule is CCCNC1(C#N)CCN(c2ccccc2)CC1. The Balaban J connectivity index is 1.97. The van der Waals surface area contributed by atoms with E-state index in [2.05, 4.69) is 47.5 Å². The van der Waals surface area contributed by atoms with E-state index in [9.17, 15) is 5.26 Å². The second-order valence-electron chi connectivity index (χ2n) is 4.94. The van der Waals surface area contributed by atoms with Crippen molar-refractivity contribution >= 4 is 5.69 Å². The van der Waals surface area contributed by atoms with E-state index in [0.29, 0.717) is 0 Å². The van der Waals surface area contributed by atoms with E-state index in [1.807, 2.05) is 6.07 Å². The molecule has 0 saturated carbocycles. The molecule has 0 bridgehead atoms. The number of piperidine rings is 1. The van der Waals surface area contributed by atoms with E-state index < -0.39 is 0 Å². The number of hydrogen-bond donors (Lipinski definition) is 1. The number of benzene rings is 1. The Kier molecular flexibility index (Phi) is 4.22. The molecule has 0 atom stereocenters. The summed E-state index contributed by atoms with van der Waals surface area (Å²) in [4.78, 5) is 2.36. The van der Waals surface area contributed by atoms with Gasteiger partial charge in [-0.15, -0.1) is 0 Å². The minimum atomic E-state index is -0.304. The van der Waals surface area contributed by atoms with Gasteiger partial charge in [0.05, 0.1) is 6.07 Å². The zero-order valence-electron chi connectivity index (χ0n) is 11.0.